The number of ether oxygens (including phenoxy) is 1. The van der Waals surface area contributed by atoms with E-state index in [0.29, 0.717) is 24.4 Å². The van der Waals surface area contributed by atoms with Crippen LogP contribution < -0.4 is 15.4 Å². The number of carboxylic acids is 1. The maximum Gasteiger partial charge on any atom is 0.319 e. The van der Waals surface area contributed by atoms with Crippen LogP contribution in [0.25, 0.3) is 0 Å². The number of urea groups is 1. The molecule has 0 aliphatic heterocycles. The third-order valence-electron chi connectivity index (χ3n) is 2.88. The highest BCUT2D eigenvalue weighted by Gasteiger charge is 2.09. The summed E-state index contributed by atoms with van der Waals surface area (Å²) >= 11 is 3.35. The largest absolute Gasteiger partial charge is 0.497 e. The smallest absolute Gasteiger partial charge is 0.319 e. The van der Waals surface area contributed by atoms with E-state index in [9.17, 15) is 9.59 Å². The molecule has 0 saturated carbocycles. The normalized spacial score (nSPS) is 11.6. The Morgan fingerprint density at radius 3 is 2.76 bits per heavy atom. The summed E-state index contributed by atoms with van der Waals surface area (Å²) in [5, 5.41) is 14.0. The molecule has 0 aliphatic rings. The summed E-state index contributed by atoms with van der Waals surface area (Å²) < 4.78 is 5.84. The van der Waals surface area contributed by atoms with E-state index in [1.165, 1.54) is 0 Å². The van der Waals surface area contributed by atoms with Crippen LogP contribution in [0.15, 0.2) is 22.7 Å². The predicted octanol–water partition coefficient (Wildman–Crippen LogP) is 3.08. The van der Waals surface area contributed by atoms with Gasteiger partial charge in [-0.1, -0.05) is 6.92 Å². The number of carboxylic acid groups (broad SMARTS) is 1. The van der Waals surface area contributed by atoms with Crippen molar-refractivity contribution in [3.8, 4) is 5.75 Å². The van der Waals surface area contributed by atoms with Crippen molar-refractivity contribution in [2.24, 2.45) is 5.92 Å². The Morgan fingerprint density at radius 2 is 2.14 bits per heavy atom. The molecular formula is C14H19BrN2O4. The molecule has 1 aromatic carbocycles. The molecule has 0 aromatic heterocycles. The van der Waals surface area contributed by atoms with Gasteiger partial charge in [0.15, 0.2) is 0 Å². The van der Waals surface area contributed by atoms with Crippen molar-refractivity contribution in [3.05, 3.63) is 22.7 Å². The van der Waals surface area contributed by atoms with E-state index in [2.05, 4.69) is 26.6 Å². The van der Waals surface area contributed by atoms with Crippen LogP contribution in [-0.4, -0.2) is 30.8 Å². The van der Waals surface area contributed by atoms with Crippen LogP contribution in [0.3, 0.4) is 0 Å². The molecule has 0 radical (unpaired) electrons. The first-order valence-electron chi connectivity index (χ1n) is 6.52. The quantitative estimate of drug-likeness (QED) is 0.698. The van der Waals surface area contributed by atoms with Crippen molar-refractivity contribution >= 4 is 33.6 Å². The van der Waals surface area contributed by atoms with Gasteiger partial charge >= 0.3 is 12.0 Å². The highest BCUT2D eigenvalue weighted by Crippen LogP contribution is 2.26. The van der Waals surface area contributed by atoms with E-state index < -0.39 is 5.97 Å². The van der Waals surface area contributed by atoms with E-state index in [4.69, 9.17) is 9.84 Å². The van der Waals surface area contributed by atoms with Gasteiger partial charge in [0.25, 0.3) is 0 Å². The van der Waals surface area contributed by atoms with Crippen LogP contribution >= 0.6 is 15.9 Å². The van der Waals surface area contributed by atoms with Crippen LogP contribution in [0.2, 0.25) is 0 Å². The molecule has 1 unspecified atom stereocenters. The van der Waals surface area contributed by atoms with Crippen molar-refractivity contribution in [2.75, 3.05) is 19.0 Å². The monoisotopic (exact) mass is 358 g/mol. The summed E-state index contributed by atoms with van der Waals surface area (Å²) in [6.07, 6.45) is 0.629. The molecule has 6 nitrogen and oxygen atoms in total. The fourth-order valence-corrected chi connectivity index (χ4v) is 1.98. The predicted molar refractivity (Wildman–Crippen MR) is 83.7 cm³/mol. The molecule has 7 heteroatoms. The van der Waals surface area contributed by atoms with E-state index >= 15 is 0 Å². The molecule has 1 aromatic rings. The van der Waals surface area contributed by atoms with Crippen molar-refractivity contribution in [1.29, 1.82) is 0 Å². The number of hydrogen-bond acceptors (Lipinski definition) is 3. The fraction of sp³-hybridized carbons (Fsp3) is 0.429. The lowest BCUT2D eigenvalue weighted by Crippen LogP contribution is -2.32. The number of carbonyl (C=O) groups excluding carboxylic acids is 1. The molecule has 116 valence electrons. The highest BCUT2D eigenvalue weighted by molar-refractivity contribution is 9.10. The van der Waals surface area contributed by atoms with E-state index in [0.717, 1.165) is 4.47 Å². The van der Waals surface area contributed by atoms with Gasteiger partial charge in [0.2, 0.25) is 0 Å². The van der Waals surface area contributed by atoms with Gasteiger partial charge < -0.3 is 20.5 Å². The molecule has 0 aliphatic carbocycles. The number of nitrogens with one attached hydrogen (secondary N) is 2. The van der Waals surface area contributed by atoms with E-state index in [1.807, 2.05) is 6.92 Å². The summed E-state index contributed by atoms with van der Waals surface area (Å²) in [6.45, 7) is 2.31. The Morgan fingerprint density at radius 1 is 1.43 bits per heavy atom. The Balaban J connectivity index is 2.45. The molecule has 0 bridgehead atoms. The number of rotatable bonds is 7. The maximum atomic E-state index is 11.8. The van der Waals surface area contributed by atoms with Crippen molar-refractivity contribution in [3.63, 3.8) is 0 Å². The second kappa shape index (κ2) is 8.51. The summed E-state index contributed by atoms with van der Waals surface area (Å²) in [4.78, 5) is 22.3. The number of aliphatic carboxylic acids is 1. The van der Waals surface area contributed by atoms with Crippen molar-refractivity contribution in [2.45, 2.75) is 19.8 Å². The number of anilines is 1. The van der Waals surface area contributed by atoms with E-state index in [1.54, 1.807) is 25.3 Å². The second-order valence-corrected chi connectivity index (χ2v) is 5.57. The van der Waals surface area contributed by atoms with Gasteiger partial charge in [-0.25, -0.2) is 4.79 Å². The maximum absolute atomic E-state index is 11.8. The number of amides is 2. The first kappa shape index (κ1) is 17.3. The van der Waals surface area contributed by atoms with Gasteiger partial charge in [0, 0.05) is 23.5 Å². The van der Waals surface area contributed by atoms with Gasteiger partial charge in [0.05, 0.1) is 12.8 Å². The third kappa shape index (κ3) is 6.48. The van der Waals surface area contributed by atoms with Gasteiger partial charge in [-0.3, -0.25) is 4.79 Å². The minimum Gasteiger partial charge on any atom is -0.497 e. The second-order valence-electron chi connectivity index (χ2n) is 4.72. The number of methoxy groups -OCH3 is 1. The Bertz CT molecular complexity index is 508. The molecule has 0 heterocycles. The first-order valence-corrected chi connectivity index (χ1v) is 7.32. The molecule has 1 atom stereocenters. The summed E-state index contributed by atoms with van der Waals surface area (Å²) in [6, 6.07) is 4.92. The Hall–Kier alpha value is -1.76. The minimum absolute atomic E-state index is 0.0978. The molecule has 2 amide bonds. The Kier molecular flexibility index (Phi) is 7.01. The van der Waals surface area contributed by atoms with Crippen LogP contribution in [0.4, 0.5) is 10.5 Å². The zero-order valence-electron chi connectivity index (χ0n) is 12.0. The first-order chi connectivity index (χ1) is 9.92. The molecule has 0 fully saturated rings. The molecule has 0 spiro atoms. The zero-order chi connectivity index (χ0) is 15.8. The highest BCUT2D eigenvalue weighted by atomic mass is 79.9. The van der Waals surface area contributed by atoms with Crippen LogP contribution in [0.5, 0.6) is 5.75 Å². The van der Waals surface area contributed by atoms with E-state index in [-0.39, 0.29) is 18.4 Å². The number of halogens is 1. The number of carbonyl (C=O) groups is 2. The molecule has 1 rings (SSSR count). The molecular weight excluding hydrogens is 340 g/mol. The summed E-state index contributed by atoms with van der Waals surface area (Å²) in [5.41, 5.74) is 0.602. The van der Waals surface area contributed by atoms with Crippen LogP contribution in [-0.2, 0) is 4.79 Å². The van der Waals surface area contributed by atoms with Crippen molar-refractivity contribution < 1.29 is 19.4 Å². The Labute approximate surface area is 132 Å². The number of hydrogen-bond donors (Lipinski definition) is 3. The molecule has 3 N–H and O–H groups in total. The van der Waals surface area contributed by atoms with Crippen LogP contribution in [0.1, 0.15) is 19.8 Å². The lowest BCUT2D eigenvalue weighted by molar-refractivity contribution is -0.137. The average Bonchev–Trinajstić information content (AvgIpc) is 2.45. The fourth-order valence-electron chi connectivity index (χ4n) is 1.63. The lowest BCUT2D eigenvalue weighted by Gasteiger charge is -2.13. The molecule has 21 heavy (non-hydrogen) atoms. The lowest BCUT2D eigenvalue weighted by atomic mass is 10.1. The standard InChI is InChI=1S/C14H19BrN2O4/c1-9(3-6-13(18)19)8-16-14(20)17-12-7-10(21-2)4-5-11(12)15/h4-5,7,9H,3,6,8H2,1-2H3,(H,18,19)(H2,16,17,20). The van der Waals surface area contributed by atoms with Gasteiger partial charge in [0.1, 0.15) is 5.75 Å². The van der Waals surface area contributed by atoms with Crippen LogP contribution in [0, 0.1) is 5.92 Å². The average molecular weight is 359 g/mol. The summed E-state index contributed by atoms with van der Waals surface area (Å²) in [5.74, 6) is -0.0875. The molecule has 0 saturated heterocycles. The van der Waals surface area contributed by atoms with Crippen molar-refractivity contribution in [1.82, 2.24) is 5.32 Å². The zero-order valence-corrected chi connectivity index (χ0v) is 13.6. The topological polar surface area (TPSA) is 87.7 Å². The van der Waals surface area contributed by atoms with Gasteiger partial charge in [-0.15, -0.1) is 0 Å². The SMILES string of the molecule is COc1ccc(Br)c(NC(=O)NCC(C)CCC(=O)O)c1. The number of benzene rings is 1. The van der Waals surface area contributed by atoms with Gasteiger partial charge in [-0.2, -0.15) is 0 Å². The summed E-state index contributed by atoms with van der Waals surface area (Å²) in [7, 11) is 1.55. The minimum atomic E-state index is -0.827. The van der Waals surface area contributed by atoms with Gasteiger partial charge in [-0.05, 0) is 40.4 Å². The third-order valence-corrected chi connectivity index (χ3v) is 3.58.